The van der Waals surface area contributed by atoms with E-state index in [9.17, 15) is 13.2 Å². The number of benzene rings is 2. The molecule has 7 heteroatoms. The first-order valence-electron chi connectivity index (χ1n) is 7.43. The van der Waals surface area contributed by atoms with Crippen molar-refractivity contribution >= 4 is 21.6 Å². The van der Waals surface area contributed by atoms with Gasteiger partial charge < -0.3 is 10.4 Å². The quantitative estimate of drug-likeness (QED) is 0.743. The van der Waals surface area contributed by atoms with Crippen LogP contribution in [0.5, 0.6) is 0 Å². The number of rotatable bonds is 6. The largest absolute Gasteiger partial charge is 0.394 e. The Morgan fingerprint density at radius 1 is 1.17 bits per heavy atom. The van der Waals surface area contributed by atoms with Gasteiger partial charge in [0.05, 0.1) is 11.5 Å². The molecule has 0 saturated heterocycles. The number of carbonyl (C=O) groups is 1. The Morgan fingerprint density at radius 3 is 2.46 bits per heavy atom. The van der Waals surface area contributed by atoms with Gasteiger partial charge in [0.1, 0.15) is 0 Å². The van der Waals surface area contributed by atoms with E-state index in [0.29, 0.717) is 5.69 Å². The monoisotopic (exact) mass is 348 g/mol. The molecule has 2 aromatic carbocycles. The van der Waals surface area contributed by atoms with Gasteiger partial charge in [0.15, 0.2) is 0 Å². The van der Waals surface area contributed by atoms with Crippen molar-refractivity contribution in [2.75, 3.05) is 11.3 Å². The van der Waals surface area contributed by atoms with Gasteiger partial charge in [-0.05, 0) is 44.2 Å². The van der Waals surface area contributed by atoms with Gasteiger partial charge in [-0.1, -0.05) is 23.8 Å². The summed E-state index contributed by atoms with van der Waals surface area (Å²) in [6, 6.07) is 12.3. The zero-order chi connectivity index (χ0) is 17.7. The van der Waals surface area contributed by atoms with Crippen molar-refractivity contribution in [2.24, 2.45) is 0 Å². The highest BCUT2D eigenvalue weighted by Crippen LogP contribution is 2.17. The van der Waals surface area contributed by atoms with Gasteiger partial charge in [-0.25, -0.2) is 8.42 Å². The lowest BCUT2D eigenvalue weighted by Crippen LogP contribution is -2.35. The van der Waals surface area contributed by atoms with Crippen molar-refractivity contribution in [1.82, 2.24) is 5.32 Å². The molecule has 0 saturated carbocycles. The first-order valence-corrected chi connectivity index (χ1v) is 8.91. The molecule has 0 radical (unpaired) electrons. The number of nitrogens with one attached hydrogen (secondary N) is 2. The molecular weight excluding hydrogens is 328 g/mol. The summed E-state index contributed by atoms with van der Waals surface area (Å²) in [6.07, 6.45) is 0. The minimum Gasteiger partial charge on any atom is -0.394 e. The van der Waals surface area contributed by atoms with Gasteiger partial charge in [0, 0.05) is 17.3 Å². The highest BCUT2D eigenvalue weighted by molar-refractivity contribution is 7.92. The summed E-state index contributed by atoms with van der Waals surface area (Å²) in [7, 11) is -3.80. The van der Waals surface area contributed by atoms with Gasteiger partial charge in [0.25, 0.3) is 15.9 Å². The van der Waals surface area contributed by atoms with Crippen LogP contribution in [0.3, 0.4) is 0 Å². The second-order valence-corrected chi connectivity index (χ2v) is 7.24. The second kappa shape index (κ2) is 7.46. The van der Waals surface area contributed by atoms with Crippen molar-refractivity contribution in [2.45, 2.75) is 24.8 Å². The number of aryl methyl sites for hydroxylation is 1. The van der Waals surface area contributed by atoms with Crippen LogP contribution in [0, 0.1) is 6.92 Å². The van der Waals surface area contributed by atoms with Gasteiger partial charge in [-0.2, -0.15) is 0 Å². The SMILES string of the molecule is Cc1ccc(NS(=O)(=O)c2cccc(C(=O)NC(C)CO)c2)cc1. The summed E-state index contributed by atoms with van der Waals surface area (Å²) in [4.78, 5) is 12.0. The number of amides is 1. The van der Waals surface area contributed by atoms with E-state index >= 15 is 0 Å². The average Bonchev–Trinajstić information content (AvgIpc) is 2.56. The Bertz CT molecular complexity index is 817. The fraction of sp³-hybridized carbons (Fsp3) is 0.235. The van der Waals surface area contributed by atoms with E-state index < -0.39 is 22.0 Å². The maximum atomic E-state index is 12.5. The van der Waals surface area contributed by atoms with Gasteiger partial charge in [-0.3, -0.25) is 9.52 Å². The van der Waals surface area contributed by atoms with E-state index in [1.54, 1.807) is 31.2 Å². The third-order valence-electron chi connectivity index (χ3n) is 3.36. The van der Waals surface area contributed by atoms with E-state index in [-0.39, 0.29) is 17.1 Å². The molecule has 24 heavy (non-hydrogen) atoms. The Morgan fingerprint density at radius 2 is 1.83 bits per heavy atom. The number of aliphatic hydroxyl groups excluding tert-OH is 1. The third-order valence-corrected chi connectivity index (χ3v) is 4.74. The number of aliphatic hydroxyl groups is 1. The van der Waals surface area contributed by atoms with Crippen LogP contribution in [0.1, 0.15) is 22.8 Å². The number of hydrogen-bond donors (Lipinski definition) is 3. The van der Waals surface area contributed by atoms with Crippen LogP contribution in [-0.4, -0.2) is 32.1 Å². The molecule has 1 unspecified atom stereocenters. The Hall–Kier alpha value is -2.38. The summed E-state index contributed by atoms with van der Waals surface area (Å²) < 4.78 is 27.4. The van der Waals surface area contributed by atoms with Gasteiger partial charge >= 0.3 is 0 Å². The maximum Gasteiger partial charge on any atom is 0.261 e. The maximum absolute atomic E-state index is 12.5. The summed E-state index contributed by atoms with van der Waals surface area (Å²) in [5.41, 5.74) is 1.68. The number of hydrogen-bond acceptors (Lipinski definition) is 4. The molecule has 0 aliphatic heterocycles. The molecular formula is C17H20N2O4S. The summed E-state index contributed by atoms with van der Waals surface area (Å²) in [5.74, 6) is -0.441. The molecule has 0 bridgehead atoms. The molecule has 2 aromatic rings. The Labute approximate surface area is 141 Å². The minimum atomic E-state index is -3.80. The van der Waals surface area contributed by atoms with E-state index in [1.165, 1.54) is 24.3 Å². The Kier molecular flexibility index (Phi) is 5.58. The number of sulfonamides is 1. The van der Waals surface area contributed by atoms with E-state index in [4.69, 9.17) is 5.11 Å². The fourth-order valence-electron chi connectivity index (χ4n) is 1.99. The molecule has 2 rings (SSSR count). The number of carbonyl (C=O) groups excluding carboxylic acids is 1. The topological polar surface area (TPSA) is 95.5 Å². The zero-order valence-corrected chi connectivity index (χ0v) is 14.3. The van der Waals surface area contributed by atoms with Crippen LogP contribution in [0.15, 0.2) is 53.4 Å². The van der Waals surface area contributed by atoms with Crippen molar-refractivity contribution in [1.29, 1.82) is 0 Å². The van der Waals surface area contributed by atoms with E-state index in [0.717, 1.165) is 5.56 Å². The molecule has 0 spiro atoms. The lowest BCUT2D eigenvalue weighted by molar-refractivity contribution is 0.0922. The predicted molar refractivity (Wildman–Crippen MR) is 92.4 cm³/mol. The van der Waals surface area contributed by atoms with Crippen molar-refractivity contribution in [3.05, 3.63) is 59.7 Å². The van der Waals surface area contributed by atoms with Gasteiger partial charge in [-0.15, -0.1) is 0 Å². The number of anilines is 1. The van der Waals surface area contributed by atoms with Crippen LogP contribution in [-0.2, 0) is 10.0 Å². The molecule has 0 heterocycles. The van der Waals surface area contributed by atoms with Crippen molar-refractivity contribution in [3.63, 3.8) is 0 Å². The molecule has 6 nitrogen and oxygen atoms in total. The average molecular weight is 348 g/mol. The van der Waals surface area contributed by atoms with E-state index in [1.807, 2.05) is 6.92 Å². The van der Waals surface area contributed by atoms with Crippen LogP contribution in [0.2, 0.25) is 0 Å². The van der Waals surface area contributed by atoms with Crippen molar-refractivity contribution < 1.29 is 18.3 Å². The zero-order valence-electron chi connectivity index (χ0n) is 13.5. The minimum absolute atomic E-state index is 0.00706. The smallest absolute Gasteiger partial charge is 0.261 e. The van der Waals surface area contributed by atoms with Crippen LogP contribution >= 0.6 is 0 Å². The molecule has 0 fully saturated rings. The first kappa shape index (κ1) is 18.0. The molecule has 0 aliphatic carbocycles. The van der Waals surface area contributed by atoms with Gasteiger partial charge in [0.2, 0.25) is 0 Å². The predicted octanol–water partition coefficient (Wildman–Crippen LogP) is 1.91. The van der Waals surface area contributed by atoms with Crippen LogP contribution in [0.25, 0.3) is 0 Å². The van der Waals surface area contributed by atoms with E-state index in [2.05, 4.69) is 10.0 Å². The van der Waals surface area contributed by atoms with Crippen LogP contribution in [0.4, 0.5) is 5.69 Å². The lowest BCUT2D eigenvalue weighted by Gasteiger charge is -2.12. The summed E-state index contributed by atoms with van der Waals surface area (Å²) in [6.45, 7) is 3.36. The summed E-state index contributed by atoms with van der Waals surface area (Å²) in [5, 5.41) is 11.6. The fourth-order valence-corrected chi connectivity index (χ4v) is 3.10. The first-order chi connectivity index (χ1) is 11.3. The Balaban J connectivity index is 2.23. The standard InChI is InChI=1S/C17H20N2O4S/c1-12-6-8-15(9-7-12)19-24(22,23)16-5-3-4-14(10-16)17(21)18-13(2)11-20/h3-10,13,19-20H,11H2,1-2H3,(H,18,21). The lowest BCUT2D eigenvalue weighted by atomic mass is 10.2. The molecule has 3 N–H and O–H groups in total. The molecule has 1 amide bonds. The third kappa shape index (κ3) is 4.56. The second-order valence-electron chi connectivity index (χ2n) is 5.56. The van der Waals surface area contributed by atoms with Crippen molar-refractivity contribution in [3.8, 4) is 0 Å². The highest BCUT2D eigenvalue weighted by atomic mass is 32.2. The molecule has 0 aromatic heterocycles. The molecule has 1 atom stereocenters. The highest BCUT2D eigenvalue weighted by Gasteiger charge is 2.17. The molecule has 0 aliphatic rings. The van der Waals surface area contributed by atoms with Crippen LogP contribution < -0.4 is 10.0 Å². The molecule has 128 valence electrons. The summed E-state index contributed by atoms with van der Waals surface area (Å²) >= 11 is 0. The normalized spacial score (nSPS) is 12.5.